The van der Waals surface area contributed by atoms with Gasteiger partial charge in [-0.3, -0.25) is 4.90 Å². The zero-order valence-electron chi connectivity index (χ0n) is 15.1. The molecule has 6 nitrogen and oxygen atoms in total. The van der Waals surface area contributed by atoms with Gasteiger partial charge in [0.25, 0.3) is 0 Å². The molecule has 1 aliphatic heterocycles. The van der Waals surface area contributed by atoms with Crippen LogP contribution in [0.5, 0.6) is 11.5 Å². The molecule has 2 rings (SSSR count). The topological polar surface area (TPSA) is 62.8 Å². The van der Waals surface area contributed by atoms with Gasteiger partial charge < -0.3 is 20.1 Å². The number of benzene rings is 1. The third-order valence-electron chi connectivity index (χ3n) is 4.63. The maximum atomic E-state index is 12.2. The minimum absolute atomic E-state index is 0.238. The van der Waals surface area contributed by atoms with Gasteiger partial charge in [0.05, 0.1) is 19.9 Å². The maximum Gasteiger partial charge on any atom is 0.319 e. The van der Waals surface area contributed by atoms with E-state index in [1.54, 1.807) is 32.4 Å². The average Bonchev–Trinajstić information content (AvgIpc) is 2.60. The summed E-state index contributed by atoms with van der Waals surface area (Å²) in [4.78, 5) is 14.7. The Kier molecular flexibility index (Phi) is 6.73. The SMILES string of the molecule is COc1ccc(OC)c(NC(=O)NCC(C)N2CCCCC2C)c1. The maximum absolute atomic E-state index is 12.2. The van der Waals surface area contributed by atoms with Gasteiger partial charge in [-0.1, -0.05) is 6.42 Å². The van der Waals surface area contributed by atoms with Crippen molar-refractivity contribution in [3.8, 4) is 11.5 Å². The Labute approximate surface area is 144 Å². The summed E-state index contributed by atoms with van der Waals surface area (Å²) in [7, 11) is 3.16. The van der Waals surface area contributed by atoms with Crippen molar-refractivity contribution in [3.63, 3.8) is 0 Å². The monoisotopic (exact) mass is 335 g/mol. The van der Waals surface area contributed by atoms with E-state index in [0.29, 0.717) is 35.8 Å². The van der Waals surface area contributed by atoms with Crippen LogP contribution in [0.3, 0.4) is 0 Å². The molecule has 1 aliphatic rings. The van der Waals surface area contributed by atoms with Crippen LogP contribution in [0.4, 0.5) is 10.5 Å². The molecule has 1 aromatic rings. The Hall–Kier alpha value is -1.95. The van der Waals surface area contributed by atoms with E-state index in [9.17, 15) is 4.79 Å². The Bertz CT molecular complexity index is 550. The minimum Gasteiger partial charge on any atom is -0.497 e. The number of piperidine rings is 1. The molecule has 2 atom stereocenters. The largest absolute Gasteiger partial charge is 0.497 e. The first-order valence-electron chi connectivity index (χ1n) is 8.57. The first kappa shape index (κ1) is 18.4. The van der Waals surface area contributed by atoms with Crippen molar-refractivity contribution < 1.29 is 14.3 Å². The van der Waals surface area contributed by atoms with Crippen LogP contribution in [0.1, 0.15) is 33.1 Å². The van der Waals surface area contributed by atoms with Gasteiger partial charge in [0, 0.05) is 24.7 Å². The average molecular weight is 335 g/mol. The van der Waals surface area contributed by atoms with Crippen LogP contribution >= 0.6 is 0 Å². The van der Waals surface area contributed by atoms with E-state index in [1.807, 2.05) is 0 Å². The van der Waals surface area contributed by atoms with Gasteiger partial charge in [0.1, 0.15) is 11.5 Å². The second kappa shape index (κ2) is 8.78. The lowest BCUT2D eigenvalue weighted by atomic mass is 10.0. The van der Waals surface area contributed by atoms with Crippen LogP contribution < -0.4 is 20.1 Å². The molecule has 0 radical (unpaired) electrons. The van der Waals surface area contributed by atoms with E-state index in [2.05, 4.69) is 29.4 Å². The Morgan fingerprint density at radius 2 is 2.12 bits per heavy atom. The molecule has 1 aromatic carbocycles. The molecule has 2 N–H and O–H groups in total. The van der Waals surface area contributed by atoms with Gasteiger partial charge in [-0.2, -0.15) is 0 Å². The Balaban J connectivity index is 1.89. The highest BCUT2D eigenvalue weighted by Gasteiger charge is 2.23. The zero-order chi connectivity index (χ0) is 17.5. The van der Waals surface area contributed by atoms with Crippen LogP contribution in [0.15, 0.2) is 18.2 Å². The molecular formula is C18H29N3O3. The number of carbonyl (C=O) groups excluding carboxylic acids is 1. The summed E-state index contributed by atoms with van der Waals surface area (Å²) in [5.41, 5.74) is 0.591. The third-order valence-corrected chi connectivity index (χ3v) is 4.63. The fraction of sp³-hybridized carbons (Fsp3) is 0.611. The molecule has 1 fully saturated rings. The Morgan fingerprint density at radius 1 is 1.33 bits per heavy atom. The first-order chi connectivity index (χ1) is 11.5. The summed E-state index contributed by atoms with van der Waals surface area (Å²) in [6.07, 6.45) is 3.77. The molecule has 6 heteroatoms. The fourth-order valence-corrected chi connectivity index (χ4v) is 3.21. The van der Waals surface area contributed by atoms with Crippen molar-refractivity contribution in [1.82, 2.24) is 10.2 Å². The lowest BCUT2D eigenvalue weighted by molar-refractivity contribution is 0.114. The van der Waals surface area contributed by atoms with Crippen molar-refractivity contribution >= 4 is 11.7 Å². The van der Waals surface area contributed by atoms with Gasteiger partial charge in [0.15, 0.2) is 0 Å². The van der Waals surface area contributed by atoms with Gasteiger partial charge >= 0.3 is 6.03 Å². The second-order valence-electron chi connectivity index (χ2n) is 6.33. The standard InChI is InChI=1S/C18H29N3O3/c1-13-7-5-6-10-21(13)14(2)12-19-18(22)20-16-11-15(23-3)8-9-17(16)24-4/h8-9,11,13-14H,5-7,10,12H2,1-4H3,(H2,19,20,22). The van der Waals surface area contributed by atoms with E-state index in [4.69, 9.17) is 9.47 Å². The lowest BCUT2D eigenvalue weighted by Crippen LogP contribution is -2.49. The number of methoxy groups -OCH3 is 2. The number of rotatable bonds is 6. The number of hydrogen-bond donors (Lipinski definition) is 2. The molecule has 0 bridgehead atoms. The molecule has 2 unspecified atom stereocenters. The van der Waals surface area contributed by atoms with E-state index >= 15 is 0 Å². The molecule has 1 saturated heterocycles. The normalized spacial score (nSPS) is 19.4. The summed E-state index contributed by atoms with van der Waals surface area (Å²) < 4.78 is 10.5. The molecule has 1 heterocycles. The summed E-state index contributed by atoms with van der Waals surface area (Å²) in [6, 6.07) is 5.97. The minimum atomic E-state index is -0.238. The van der Waals surface area contributed by atoms with E-state index < -0.39 is 0 Å². The molecule has 0 aliphatic carbocycles. The number of nitrogens with one attached hydrogen (secondary N) is 2. The number of hydrogen-bond acceptors (Lipinski definition) is 4. The zero-order valence-corrected chi connectivity index (χ0v) is 15.1. The summed E-state index contributed by atoms with van der Waals surface area (Å²) in [5.74, 6) is 1.27. The summed E-state index contributed by atoms with van der Waals surface area (Å²) >= 11 is 0. The summed E-state index contributed by atoms with van der Waals surface area (Å²) in [6.45, 7) is 6.14. The fourth-order valence-electron chi connectivity index (χ4n) is 3.21. The van der Waals surface area contributed by atoms with Crippen molar-refractivity contribution in [2.75, 3.05) is 32.6 Å². The number of nitrogens with zero attached hydrogens (tertiary/aromatic N) is 1. The summed E-state index contributed by atoms with van der Waals surface area (Å²) in [5, 5.41) is 5.78. The van der Waals surface area contributed by atoms with E-state index in [1.165, 1.54) is 19.3 Å². The number of urea groups is 1. The van der Waals surface area contributed by atoms with Crippen molar-refractivity contribution in [2.45, 2.75) is 45.2 Å². The molecular weight excluding hydrogens is 306 g/mol. The highest BCUT2D eigenvalue weighted by Crippen LogP contribution is 2.28. The van der Waals surface area contributed by atoms with Gasteiger partial charge in [-0.15, -0.1) is 0 Å². The Morgan fingerprint density at radius 3 is 2.79 bits per heavy atom. The van der Waals surface area contributed by atoms with Gasteiger partial charge in [-0.25, -0.2) is 4.79 Å². The number of carbonyl (C=O) groups is 1. The van der Waals surface area contributed by atoms with Crippen molar-refractivity contribution in [3.05, 3.63) is 18.2 Å². The van der Waals surface area contributed by atoms with Gasteiger partial charge in [-0.05, 0) is 45.4 Å². The van der Waals surface area contributed by atoms with Crippen molar-refractivity contribution in [1.29, 1.82) is 0 Å². The third kappa shape index (κ3) is 4.77. The molecule has 134 valence electrons. The molecule has 2 amide bonds. The van der Waals surface area contributed by atoms with E-state index in [0.717, 1.165) is 6.54 Å². The number of anilines is 1. The highest BCUT2D eigenvalue weighted by atomic mass is 16.5. The molecule has 0 aromatic heterocycles. The smallest absolute Gasteiger partial charge is 0.319 e. The van der Waals surface area contributed by atoms with Crippen molar-refractivity contribution in [2.24, 2.45) is 0 Å². The quantitative estimate of drug-likeness (QED) is 0.838. The molecule has 24 heavy (non-hydrogen) atoms. The number of likely N-dealkylation sites (tertiary alicyclic amines) is 1. The van der Waals surface area contributed by atoms with Crippen LogP contribution in [0, 0.1) is 0 Å². The second-order valence-corrected chi connectivity index (χ2v) is 6.33. The predicted octanol–water partition coefficient (Wildman–Crippen LogP) is 3.09. The van der Waals surface area contributed by atoms with Crippen LogP contribution in [0.2, 0.25) is 0 Å². The first-order valence-corrected chi connectivity index (χ1v) is 8.57. The van der Waals surface area contributed by atoms with E-state index in [-0.39, 0.29) is 6.03 Å². The lowest BCUT2D eigenvalue weighted by Gasteiger charge is -2.38. The van der Waals surface area contributed by atoms with Crippen LogP contribution in [0.25, 0.3) is 0 Å². The van der Waals surface area contributed by atoms with Crippen LogP contribution in [-0.4, -0.2) is 50.3 Å². The predicted molar refractivity (Wildman–Crippen MR) is 96.0 cm³/mol. The highest BCUT2D eigenvalue weighted by molar-refractivity contribution is 5.91. The molecule has 0 saturated carbocycles. The molecule has 0 spiro atoms. The number of amides is 2. The van der Waals surface area contributed by atoms with Gasteiger partial charge in [0.2, 0.25) is 0 Å². The number of ether oxygens (including phenoxy) is 2. The van der Waals surface area contributed by atoms with Crippen LogP contribution in [-0.2, 0) is 0 Å².